The van der Waals surface area contributed by atoms with E-state index < -0.39 is 0 Å². The Labute approximate surface area is 179 Å². The maximum Gasteiger partial charge on any atom is 0.220 e. The molecule has 1 saturated carbocycles. The first-order chi connectivity index (χ1) is 13.4. The van der Waals surface area contributed by atoms with Crippen LogP contribution < -0.4 is 10.2 Å². The van der Waals surface area contributed by atoms with E-state index in [0.717, 1.165) is 50.6 Å². The average Bonchev–Trinajstić information content (AvgIpc) is 2.70. The summed E-state index contributed by atoms with van der Waals surface area (Å²) >= 11 is 12.5. The third-order valence-electron chi connectivity index (χ3n) is 6.47. The van der Waals surface area contributed by atoms with E-state index in [1.165, 1.54) is 25.8 Å². The van der Waals surface area contributed by atoms with Gasteiger partial charge in [0, 0.05) is 38.1 Å². The molecule has 0 aromatic heterocycles. The topological polar surface area (TPSA) is 35.6 Å². The first-order valence-electron chi connectivity index (χ1n) is 10.6. The van der Waals surface area contributed by atoms with Crippen LogP contribution in [0.25, 0.3) is 0 Å². The van der Waals surface area contributed by atoms with Crippen LogP contribution in [0, 0.1) is 5.92 Å². The van der Waals surface area contributed by atoms with Crippen molar-refractivity contribution in [2.75, 3.05) is 37.6 Å². The minimum Gasteiger partial charge on any atom is -0.368 e. The Balaban J connectivity index is 1.39. The number of rotatable bonds is 6. The quantitative estimate of drug-likeness (QED) is 0.697. The first kappa shape index (κ1) is 21.7. The Morgan fingerprint density at radius 1 is 1.18 bits per heavy atom. The van der Waals surface area contributed by atoms with Crippen molar-refractivity contribution in [1.82, 2.24) is 10.2 Å². The Morgan fingerprint density at radius 3 is 2.50 bits per heavy atom. The van der Waals surface area contributed by atoms with Crippen molar-refractivity contribution in [3.8, 4) is 0 Å². The molecule has 0 bridgehead atoms. The molecule has 1 aliphatic carbocycles. The third-order valence-corrected chi connectivity index (χ3v) is 7.28. The van der Waals surface area contributed by atoms with Gasteiger partial charge in [0.15, 0.2) is 0 Å². The van der Waals surface area contributed by atoms with Gasteiger partial charge in [-0.25, -0.2) is 0 Å². The van der Waals surface area contributed by atoms with E-state index >= 15 is 0 Å². The normalized spacial score (nSPS) is 26.3. The Hall–Kier alpha value is -0.970. The number of hydrogen-bond acceptors (Lipinski definition) is 3. The summed E-state index contributed by atoms with van der Waals surface area (Å²) in [5.74, 6) is 0.964. The van der Waals surface area contributed by atoms with Gasteiger partial charge in [-0.1, -0.05) is 36.2 Å². The SMILES string of the molecule is CCC(=O)NC1(C)CCC(CCN2CCN(c3cccc(Cl)c3Cl)CC2)CC1. The smallest absolute Gasteiger partial charge is 0.220 e. The number of carbonyl (C=O) groups is 1. The van der Waals surface area contributed by atoms with Crippen LogP contribution >= 0.6 is 23.2 Å². The molecule has 1 saturated heterocycles. The first-order valence-corrected chi connectivity index (χ1v) is 11.4. The Morgan fingerprint density at radius 2 is 1.86 bits per heavy atom. The van der Waals surface area contributed by atoms with Gasteiger partial charge in [0.25, 0.3) is 0 Å². The second-order valence-electron chi connectivity index (χ2n) is 8.60. The summed E-state index contributed by atoms with van der Waals surface area (Å²) in [5, 5.41) is 4.52. The molecule has 1 aromatic carbocycles. The second-order valence-corrected chi connectivity index (χ2v) is 9.38. The van der Waals surface area contributed by atoms with Gasteiger partial charge >= 0.3 is 0 Å². The lowest BCUT2D eigenvalue weighted by Crippen LogP contribution is -2.49. The molecule has 0 unspecified atom stereocenters. The maximum absolute atomic E-state index is 11.7. The van der Waals surface area contributed by atoms with Crippen LogP contribution in [0.15, 0.2) is 18.2 Å². The predicted molar refractivity (Wildman–Crippen MR) is 119 cm³/mol. The molecule has 1 heterocycles. The number of amides is 1. The van der Waals surface area contributed by atoms with E-state index in [1.807, 2.05) is 19.1 Å². The Bertz CT molecular complexity index is 666. The summed E-state index contributed by atoms with van der Waals surface area (Å²) in [6.45, 7) is 9.42. The summed E-state index contributed by atoms with van der Waals surface area (Å²) in [5.41, 5.74) is 1.06. The molecule has 0 spiro atoms. The van der Waals surface area contributed by atoms with Gasteiger partial charge in [-0.05, 0) is 63.6 Å². The van der Waals surface area contributed by atoms with Crippen molar-refractivity contribution in [2.45, 2.75) is 57.9 Å². The van der Waals surface area contributed by atoms with Crippen molar-refractivity contribution in [3.05, 3.63) is 28.2 Å². The molecule has 4 nitrogen and oxygen atoms in total. The van der Waals surface area contributed by atoms with E-state index in [2.05, 4.69) is 28.1 Å². The highest BCUT2D eigenvalue weighted by Crippen LogP contribution is 2.35. The number of benzene rings is 1. The largest absolute Gasteiger partial charge is 0.368 e. The van der Waals surface area contributed by atoms with E-state index in [0.29, 0.717) is 16.5 Å². The molecule has 1 amide bonds. The van der Waals surface area contributed by atoms with E-state index in [1.54, 1.807) is 0 Å². The lowest BCUT2D eigenvalue weighted by molar-refractivity contribution is -0.123. The highest BCUT2D eigenvalue weighted by Gasteiger charge is 2.32. The van der Waals surface area contributed by atoms with Gasteiger partial charge in [0.05, 0.1) is 15.7 Å². The summed E-state index contributed by atoms with van der Waals surface area (Å²) in [7, 11) is 0. The van der Waals surface area contributed by atoms with E-state index in [4.69, 9.17) is 23.2 Å². The van der Waals surface area contributed by atoms with Gasteiger partial charge in [0.1, 0.15) is 0 Å². The summed E-state index contributed by atoms with van der Waals surface area (Å²) in [4.78, 5) is 16.6. The summed E-state index contributed by atoms with van der Waals surface area (Å²) in [6.07, 6.45) is 6.48. The zero-order chi connectivity index (χ0) is 20.1. The third kappa shape index (κ3) is 5.55. The van der Waals surface area contributed by atoms with Crippen molar-refractivity contribution < 1.29 is 4.79 Å². The van der Waals surface area contributed by atoms with Crippen LogP contribution in [0.4, 0.5) is 5.69 Å². The van der Waals surface area contributed by atoms with Crippen molar-refractivity contribution in [1.29, 1.82) is 0 Å². The molecule has 156 valence electrons. The molecule has 2 fully saturated rings. The molecule has 0 radical (unpaired) electrons. The lowest BCUT2D eigenvalue weighted by Gasteiger charge is -2.40. The molecule has 1 aromatic rings. The highest BCUT2D eigenvalue weighted by atomic mass is 35.5. The van der Waals surface area contributed by atoms with Crippen LogP contribution in [0.5, 0.6) is 0 Å². The molecule has 28 heavy (non-hydrogen) atoms. The number of piperazine rings is 1. The van der Waals surface area contributed by atoms with Gasteiger partial charge in [-0.2, -0.15) is 0 Å². The predicted octanol–water partition coefficient (Wildman–Crippen LogP) is 4.98. The van der Waals surface area contributed by atoms with Gasteiger partial charge < -0.3 is 10.2 Å². The van der Waals surface area contributed by atoms with Crippen molar-refractivity contribution >= 4 is 34.8 Å². The maximum atomic E-state index is 11.7. The minimum absolute atomic E-state index is 0.00540. The highest BCUT2D eigenvalue weighted by molar-refractivity contribution is 6.43. The number of nitrogens with zero attached hydrogens (tertiary/aromatic N) is 2. The van der Waals surface area contributed by atoms with E-state index in [-0.39, 0.29) is 11.4 Å². The van der Waals surface area contributed by atoms with Crippen LogP contribution in [0.1, 0.15) is 52.4 Å². The van der Waals surface area contributed by atoms with Crippen molar-refractivity contribution in [2.24, 2.45) is 5.92 Å². The van der Waals surface area contributed by atoms with Crippen LogP contribution in [0.3, 0.4) is 0 Å². The van der Waals surface area contributed by atoms with E-state index in [9.17, 15) is 4.79 Å². The fraction of sp³-hybridized carbons (Fsp3) is 0.682. The van der Waals surface area contributed by atoms with Crippen LogP contribution in [-0.2, 0) is 4.79 Å². The van der Waals surface area contributed by atoms with Crippen molar-refractivity contribution in [3.63, 3.8) is 0 Å². The van der Waals surface area contributed by atoms with Gasteiger partial charge in [0.2, 0.25) is 5.91 Å². The fourth-order valence-corrected chi connectivity index (χ4v) is 4.88. The van der Waals surface area contributed by atoms with Gasteiger partial charge in [-0.3, -0.25) is 9.69 Å². The molecule has 0 atom stereocenters. The van der Waals surface area contributed by atoms with Gasteiger partial charge in [-0.15, -0.1) is 0 Å². The molecule has 2 aliphatic rings. The zero-order valence-corrected chi connectivity index (χ0v) is 18.7. The second kappa shape index (κ2) is 9.69. The monoisotopic (exact) mass is 425 g/mol. The molecule has 6 heteroatoms. The number of anilines is 1. The number of carbonyl (C=O) groups excluding carboxylic acids is 1. The standard InChI is InChI=1S/C22H33Cl2N3O/c1-3-20(28)25-22(2)10-7-17(8-11-22)9-12-26-13-15-27(16-14-26)19-6-4-5-18(23)21(19)24/h4-6,17H,3,7-16H2,1-2H3,(H,25,28). The molecule has 1 N–H and O–H groups in total. The number of nitrogens with one attached hydrogen (secondary N) is 1. The minimum atomic E-state index is 0.00540. The summed E-state index contributed by atoms with van der Waals surface area (Å²) in [6, 6.07) is 5.86. The van der Waals surface area contributed by atoms with Crippen LogP contribution in [-0.4, -0.2) is 49.1 Å². The number of hydrogen-bond donors (Lipinski definition) is 1. The lowest BCUT2D eigenvalue weighted by atomic mass is 9.76. The van der Waals surface area contributed by atoms with Crippen LogP contribution in [0.2, 0.25) is 10.0 Å². The molecule has 1 aliphatic heterocycles. The average molecular weight is 426 g/mol. The summed E-state index contributed by atoms with van der Waals surface area (Å²) < 4.78 is 0. The molecular formula is C22H33Cl2N3O. The number of halogens is 2. The molecular weight excluding hydrogens is 393 g/mol. The Kier molecular flexibility index (Phi) is 7.52. The zero-order valence-electron chi connectivity index (χ0n) is 17.1. The molecule has 3 rings (SSSR count). The fourth-order valence-electron chi connectivity index (χ4n) is 4.47.